The maximum Gasteiger partial charge on any atom is 0.147 e. The van der Waals surface area contributed by atoms with Crippen LogP contribution < -0.4 is 4.90 Å². The summed E-state index contributed by atoms with van der Waals surface area (Å²) in [5, 5.41) is 0. The number of furan rings is 1. The fourth-order valence-electron chi connectivity index (χ4n) is 2.65. The number of aromatic nitrogens is 2. The van der Waals surface area contributed by atoms with Gasteiger partial charge in [-0.1, -0.05) is 0 Å². The molecule has 0 aliphatic carbocycles. The molecule has 3 heterocycles. The molecule has 1 aliphatic rings. The van der Waals surface area contributed by atoms with Gasteiger partial charge in [-0.25, -0.2) is 4.98 Å². The molecule has 1 saturated heterocycles. The maximum absolute atomic E-state index is 5.75. The zero-order chi connectivity index (χ0) is 14.1. The van der Waals surface area contributed by atoms with Gasteiger partial charge >= 0.3 is 0 Å². The van der Waals surface area contributed by atoms with Crippen LogP contribution in [0.15, 0.2) is 29.1 Å². The normalized spacial score (nSPS) is 23.1. The molecule has 2 aromatic rings. The number of hydrogen-bond donors (Lipinski definition) is 0. The van der Waals surface area contributed by atoms with Crippen molar-refractivity contribution in [3.05, 3.63) is 30.5 Å². The molecule has 2 aromatic heterocycles. The predicted molar refractivity (Wildman–Crippen MR) is 76.7 cm³/mol. The molecule has 0 N–H and O–H groups in total. The van der Waals surface area contributed by atoms with Gasteiger partial charge in [-0.05, 0) is 26.8 Å². The molecule has 0 aromatic carbocycles. The Morgan fingerprint density at radius 2 is 1.95 bits per heavy atom. The van der Waals surface area contributed by atoms with Gasteiger partial charge in [0, 0.05) is 18.7 Å². The Kier molecular flexibility index (Phi) is 3.44. The summed E-state index contributed by atoms with van der Waals surface area (Å²) in [6.07, 6.45) is 5.68. The van der Waals surface area contributed by atoms with Crippen molar-refractivity contribution in [1.29, 1.82) is 0 Å². The van der Waals surface area contributed by atoms with Crippen molar-refractivity contribution in [1.82, 2.24) is 9.97 Å². The van der Waals surface area contributed by atoms with E-state index in [0.717, 1.165) is 35.9 Å². The number of anilines is 1. The highest BCUT2D eigenvalue weighted by atomic mass is 16.5. The Morgan fingerprint density at radius 3 is 2.60 bits per heavy atom. The highest BCUT2D eigenvalue weighted by Crippen LogP contribution is 2.25. The molecule has 0 saturated carbocycles. The number of nitrogens with zero attached hydrogens (tertiary/aromatic N) is 3. The van der Waals surface area contributed by atoms with Crippen molar-refractivity contribution in [2.45, 2.75) is 33.0 Å². The Morgan fingerprint density at radius 1 is 1.20 bits per heavy atom. The van der Waals surface area contributed by atoms with E-state index in [9.17, 15) is 0 Å². The van der Waals surface area contributed by atoms with Gasteiger partial charge in [-0.2, -0.15) is 0 Å². The van der Waals surface area contributed by atoms with E-state index < -0.39 is 0 Å². The largest absolute Gasteiger partial charge is 0.469 e. The standard InChI is InChI=1S/C15H19N3O2/c1-10-8-18(9-11(2)20-10)15-7-16-6-14(17-15)13-4-5-19-12(13)3/h4-7,10-11H,8-9H2,1-3H3/t10-,11+. The number of hydrogen-bond acceptors (Lipinski definition) is 5. The lowest BCUT2D eigenvalue weighted by atomic mass is 10.2. The van der Waals surface area contributed by atoms with Gasteiger partial charge in [0.15, 0.2) is 0 Å². The van der Waals surface area contributed by atoms with Gasteiger partial charge < -0.3 is 14.1 Å². The van der Waals surface area contributed by atoms with E-state index in [2.05, 4.69) is 23.7 Å². The fourth-order valence-corrected chi connectivity index (χ4v) is 2.65. The average molecular weight is 273 g/mol. The van der Waals surface area contributed by atoms with Crippen LogP contribution in [0.25, 0.3) is 11.3 Å². The molecule has 20 heavy (non-hydrogen) atoms. The first-order chi connectivity index (χ1) is 9.63. The van der Waals surface area contributed by atoms with Crippen LogP contribution in [0.2, 0.25) is 0 Å². The lowest BCUT2D eigenvalue weighted by Crippen LogP contribution is -2.45. The molecule has 5 heteroatoms. The molecule has 0 amide bonds. The van der Waals surface area contributed by atoms with Crippen LogP contribution in [0.3, 0.4) is 0 Å². The third-order valence-corrected chi connectivity index (χ3v) is 3.50. The molecule has 2 atom stereocenters. The van der Waals surface area contributed by atoms with Crippen LogP contribution in [0, 0.1) is 6.92 Å². The topological polar surface area (TPSA) is 51.4 Å². The Bertz CT molecular complexity index is 586. The summed E-state index contributed by atoms with van der Waals surface area (Å²) in [5.74, 6) is 1.75. The second-order valence-electron chi connectivity index (χ2n) is 5.32. The molecule has 0 radical (unpaired) electrons. The summed E-state index contributed by atoms with van der Waals surface area (Å²) in [4.78, 5) is 11.3. The van der Waals surface area contributed by atoms with Gasteiger partial charge in [0.1, 0.15) is 11.6 Å². The predicted octanol–water partition coefficient (Wildman–Crippen LogP) is 2.66. The highest BCUT2D eigenvalue weighted by Gasteiger charge is 2.23. The zero-order valence-corrected chi connectivity index (χ0v) is 12.0. The zero-order valence-electron chi connectivity index (χ0n) is 12.0. The van der Waals surface area contributed by atoms with E-state index in [1.165, 1.54) is 0 Å². The highest BCUT2D eigenvalue weighted by molar-refractivity contribution is 5.61. The molecule has 0 bridgehead atoms. The molecule has 0 spiro atoms. The minimum Gasteiger partial charge on any atom is -0.469 e. The fraction of sp³-hybridized carbons (Fsp3) is 0.467. The van der Waals surface area contributed by atoms with E-state index in [1.54, 1.807) is 12.5 Å². The summed E-state index contributed by atoms with van der Waals surface area (Å²) in [6.45, 7) is 7.78. The minimum atomic E-state index is 0.208. The van der Waals surface area contributed by atoms with Crippen molar-refractivity contribution in [3.8, 4) is 11.3 Å². The number of aryl methyl sites for hydroxylation is 1. The first-order valence-corrected chi connectivity index (χ1v) is 6.90. The molecule has 0 unspecified atom stereocenters. The second kappa shape index (κ2) is 5.25. The monoisotopic (exact) mass is 273 g/mol. The summed E-state index contributed by atoms with van der Waals surface area (Å²) >= 11 is 0. The number of rotatable bonds is 2. The van der Waals surface area contributed by atoms with E-state index in [0.29, 0.717) is 0 Å². The van der Waals surface area contributed by atoms with Crippen molar-refractivity contribution in [2.24, 2.45) is 0 Å². The summed E-state index contributed by atoms with van der Waals surface area (Å²) in [6, 6.07) is 1.92. The van der Waals surface area contributed by atoms with Crippen LogP contribution in [0.4, 0.5) is 5.82 Å². The third kappa shape index (κ3) is 2.54. The Labute approximate surface area is 118 Å². The lowest BCUT2D eigenvalue weighted by Gasteiger charge is -2.35. The minimum absolute atomic E-state index is 0.208. The van der Waals surface area contributed by atoms with Crippen molar-refractivity contribution in [3.63, 3.8) is 0 Å². The Hall–Kier alpha value is -1.88. The van der Waals surface area contributed by atoms with E-state index >= 15 is 0 Å². The molecular weight excluding hydrogens is 254 g/mol. The van der Waals surface area contributed by atoms with Gasteiger partial charge in [0.05, 0.1) is 36.6 Å². The Balaban J connectivity index is 1.90. The third-order valence-electron chi connectivity index (χ3n) is 3.50. The van der Waals surface area contributed by atoms with Crippen LogP contribution in [-0.2, 0) is 4.74 Å². The van der Waals surface area contributed by atoms with Gasteiger partial charge in [0.2, 0.25) is 0 Å². The molecule has 5 nitrogen and oxygen atoms in total. The van der Waals surface area contributed by atoms with E-state index in [-0.39, 0.29) is 12.2 Å². The molecular formula is C15H19N3O2. The van der Waals surface area contributed by atoms with Gasteiger partial charge in [0.25, 0.3) is 0 Å². The van der Waals surface area contributed by atoms with Gasteiger partial charge in [-0.15, -0.1) is 0 Å². The van der Waals surface area contributed by atoms with E-state index in [4.69, 9.17) is 14.1 Å². The van der Waals surface area contributed by atoms with Crippen LogP contribution in [0.5, 0.6) is 0 Å². The summed E-state index contributed by atoms with van der Waals surface area (Å²) < 4.78 is 11.1. The SMILES string of the molecule is Cc1occc1-c1cncc(N2C[C@@H](C)O[C@@H](C)C2)n1. The summed E-state index contributed by atoms with van der Waals surface area (Å²) in [7, 11) is 0. The molecule has 3 rings (SSSR count). The van der Waals surface area contributed by atoms with Crippen LogP contribution in [-0.4, -0.2) is 35.3 Å². The molecule has 1 fully saturated rings. The first-order valence-electron chi connectivity index (χ1n) is 6.90. The summed E-state index contributed by atoms with van der Waals surface area (Å²) in [5.41, 5.74) is 1.84. The number of ether oxygens (including phenoxy) is 1. The van der Waals surface area contributed by atoms with Crippen LogP contribution in [0.1, 0.15) is 19.6 Å². The van der Waals surface area contributed by atoms with Crippen molar-refractivity contribution in [2.75, 3.05) is 18.0 Å². The molecule has 106 valence electrons. The van der Waals surface area contributed by atoms with Gasteiger partial charge in [-0.3, -0.25) is 4.98 Å². The quantitative estimate of drug-likeness (QED) is 0.842. The smallest absolute Gasteiger partial charge is 0.147 e. The first kappa shape index (κ1) is 13.1. The second-order valence-corrected chi connectivity index (χ2v) is 5.32. The lowest BCUT2D eigenvalue weighted by molar-refractivity contribution is -0.00547. The number of morpholine rings is 1. The maximum atomic E-state index is 5.75. The van der Waals surface area contributed by atoms with Crippen molar-refractivity contribution >= 4 is 5.82 Å². The van der Waals surface area contributed by atoms with Crippen molar-refractivity contribution < 1.29 is 9.15 Å². The van der Waals surface area contributed by atoms with Crippen LogP contribution >= 0.6 is 0 Å². The molecule has 1 aliphatic heterocycles. The average Bonchev–Trinajstić information content (AvgIpc) is 2.84. The van der Waals surface area contributed by atoms with E-state index in [1.807, 2.05) is 19.2 Å².